The number of pyridine rings is 1. The van der Waals surface area contributed by atoms with E-state index in [0.29, 0.717) is 0 Å². The topological polar surface area (TPSA) is 51.2 Å². The average Bonchev–Trinajstić information content (AvgIpc) is 2.43. The molecule has 0 unspecified atom stereocenters. The van der Waals surface area contributed by atoms with Crippen molar-refractivity contribution in [2.75, 3.05) is 5.32 Å². The number of anilines is 1. The first-order chi connectivity index (χ1) is 9.16. The molecule has 0 saturated heterocycles. The Balaban J connectivity index is 1.93. The van der Waals surface area contributed by atoms with Crippen molar-refractivity contribution in [1.29, 1.82) is 0 Å². The quantitative estimate of drug-likeness (QED) is 0.839. The molecule has 19 heavy (non-hydrogen) atoms. The van der Waals surface area contributed by atoms with Crippen molar-refractivity contribution in [2.45, 2.75) is 6.61 Å². The van der Waals surface area contributed by atoms with Crippen molar-refractivity contribution in [3.05, 3.63) is 57.5 Å². The van der Waals surface area contributed by atoms with Crippen LogP contribution in [-0.4, -0.2) is 11.1 Å². The summed E-state index contributed by atoms with van der Waals surface area (Å²) in [5.41, 5.74) is 0.875. The van der Waals surface area contributed by atoms with Gasteiger partial charge in [-0.3, -0.25) is 5.32 Å². The van der Waals surface area contributed by atoms with Gasteiger partial charge < -0.3 is 4.74 Å². The molecule has 0 saturated carbocycles. The van der Waals surface area contributed by atoms with E-state index in [1.807, 2.05) is 30.3 Å². The molecule has 1 amide bonds. The molecule has 0 aliphatic carbocycles. The van der Waals surface area contributed by atoms with Gasteiger partial charge in [0.05, 0.1) is 3.57 Å². The van der Waals surface area contributed by atoms with E-state index in [4.69, 9.17) is 4.74 Å². The van der Waals surface area contributed by atoms with E-state index in [1.54, 1.807) is 22.6 Å². The van der Waals surface area contributed by atoms with Crippen molar-refractivity contribution in [2.24, 2.45) is 0 Å². The Kier molecular flexibility index (Phi) is 4.67. The first-order valence-electron chi connectivity index (χ1n) is 5.44. The SMILES string of the molecule is O=C(Nc1nccc(F)c1I)OCc1ccccc1. The number of halogens is 2. The zero-order valence-corrected chi connectivity index (χ0v) is 11.9. The molecule has 2 aromatic rings. The van der Waals surface area contributed by atoms with Gasteiger partial charge in [-0.2, -0.15) is 0 Å². The van der Waals surface area contributed by atoms with E-state index >= 15 is 0 Å². The summed E-state index contributed by atoms with van der Waals surface area (Å²) in [6, 6.07) is 10.5. The molecule has 4 nitrogen and oxygen atoms in total. The largest absolute Gasteiger partial charge is 0.444 e. The lowest BCUT2D eigenvalue weighted by molar-refractivity contribution is 0.155. The van der Waals surface area contributed by atoms with Gasteiger partial charge in [0.1, 0.15) is 12.4 Å². The minimum Gasteiger partial charge on any atom is -0.444 e. The van der Waals surface area contributed by atoms with E-state index in [9.17, 15) is 9.18 Å². The number of carbonyl (C=O) groups is 1. The summed E-state index contributed by atoms with van der Waals surface area (Å²) in [6.45, 7) is 0.151. The molecule has 0 fully saturated rings. The Morgan fingerprint density at radius 3 is 2.79 bits per heavy atom. The van der Waals surface area contributed by atoms with E-state index in [1.165, 1.54) is 12.3 Å². The number of nitrogens with zero attached hydrogens (tertiary/aromatic N) is 1. The summed E-state index contributed by atoms with van der Waals surface area (Å²) in [4.78, 5) is 15.4. The Morgan fingerprint density at radius 2 is 2.05 bits per heavy atom. The molecule has 1 N–H and O–H groups in total. The highest BCUT2D eigenvalue weighted by Gasteiger charge is 2.10. The molecule has 0 aliphatic heterocycles. The van der Waals surface area contributed by atoms with Crippen LogP contribution in [0.3, 0.4) is 0 Å². The van der Waals surface area contributed by atoms with Crippen LogP contribution in [0, 0.1) is 9.39 Å². The van der Waals surface area contributed by atoms with Gasteiger partial charge in [-0.15, -0.1) is 0 Å². The van der Waals surface area contributed by atoms with E-state index in [-0.39, 0.29) is 16.0 Å². The molecule has 98 valence electrons. The van der Waals surface area contributed by atoms with Crippen LogP contribution in [0.15, 0.2) is 42.6 Å². The van der Waals surface area contributed by atoms with Crippen molar-refractivity contribution in [1.82, 2.24) is 4.98 Å². The molecular formula is C13H10FIN2O2. The van der Waals surface area contributed by atoms with Crippen LogP contribution >= 0.6 is 22.6 Å². The Labute approximate surface area is 123 Å². The Hall–Kier alpha value is -1.70. The van der Waals surface area contributed by atoms with Gasteiger partial charge in [-0.05, 0) is 34.2 Å². The van der Waals surface area contributed by atoms with E-state index in [0.717, 1.165) is 5.56 Å². The fourth-order valence-corrected chi connectivity index (χ4v) is 1.82. The van der Waals surface area contributed by atoms with Crippen LogP contribution in [0.1, 0.15) is 5.56 Å². The number of benzene rings is 1. The van der Waals surface area contributed by atoms with Gasteiger partial charge >= 0.3 is 6.09 Å². The molecule has 1 aromatic heterocycles. The third kappa shape index (κ3) is 3.88. The van der Waals surface area contributed by atoms with Crippen molar-refractivity contribution in [3.63, 3.8) is 0 Å². The van der Waals surface area contributed by atoms with Gasteiger partial charge in [-0.1, -0.05) is 30.3 Å². The summed E-state index contributed by atoms with van der Waals surface area (Å²) in [5, 5.41) is 2.40. The Bertz CT molecular complexity index is 578. The lowest BCUT2D eigenvalue weighted by Crippen LogP contribution is -2.15. The monoisotopic (exact) mass is 372 g/mol. The summed E-state index contributed by atoms with van der Waals surface area (Å²) >= 11 is 1.77. The van der Waals surface area contributed by atoms with Crippen LogP contribution in [-0.2, 0) is 11.3 Å². The number of hydrogen-bond acceptors (Lipinski definition) is 3. The molecule has 0 atom stereocenters. The van der Waals surface area contributed by atoms with Crippen LogP contribution in [0.4, 0.5) is 15.0 Å². The standard InChI is InChI=1S/C13H10FIN2O2/c14-10-6-7-16-12(11(10)15)17-13(18)19-8-9-4-2-1-3-5-9/h1-7H,8H2,(H,16,17,18). The number of rotatable bonds is 3. The molecule has 0 aliphatic rings. The zero-order valence-electron chi connectivity index (χ0n) is 9.77. The lowest BCUT2D eigenvalue weighted by Gasteiger charge is -2.08. The predicted octanol–water partition coefficient (Wildman–Crippen LogP) is 3.57. The van der Waals surface area contributed by atoms with Gasteiger partial charge in [0.15, 0.2) is 5.82 Å². The van der Waals surface area contributed by atoms with Crippen LogP contribution < -0.4 is 5.32 Å². The molecular weight excluding hydrogens is 362 g/mol. The van der Waals surface area contributed by atoms with Gasteiger partial charge in [-0.25, -0.2) is 14.2 Å². The predicted molar refractivity (Wildman–Crippen MR) is 77.2 cm³/mol. The smallest absolute Gasteiger partial charge is 0.413 e. The minimum atomic E-state index is -0.667. The van der Waals surface area contributed by atoms with Crippen molar-refractivity contribution >= 4 is 34.5 Å². The highest BCUT2D eigenvalue weighted by molar-refractivity contribution is 14.1. The summed E-state index contributed by atoms with van der Waals surface area (Å²) < 4.78 is 18.5. The normalized spacial score (nSPS) is 10.0. The number of carbonyl (C=O) groups excluding carboxylic acids is 1. The maximum atomic E-state index is 13.2. The average molecular weight is 372 g/mol. The third-order valence-electron chi connectivity index (χ3n) is 2.28. The summed E-state index contributed by atoms with van der Waals surface area (Å²) in [7, 11) is 0. The molecule has 1 aromatic carbocycles. The lowest BCUT2D eigenvalue weighted by atomic mass is 10.2. The number of aromatic nitrogens is 1. The highest BCUT2D eigenvalue weighted by atomic mass is 127. The molecule has 0 bridgehead atoms. The minimum absolute atomic E-state index is 0.151. The van der Waals surface area contributed by atoms with Crippen molar-refractivity contribution < 1.29 is 13.9 Å². The molecule has 0 spiro atoms. The maximum Gasteiger partial charge on any atom is 0.413 e. The van der Waals surface area contributed by atoms with Crippen LogP contribution in [0.2, 0.25) is 0 Å². The fourth-order valence-electron chi connectivity index (χ4n) is 1.36. The first kappa shape index (κ1) is 13.7. The number of amides is 1. The second-order valence-corrected chi connectivity index (χ2v) is 4.72. The van der Waals surface area contributed by atoms with E-state index in [2.05, 4.69) is 10.3 Å². The molecule has 1 heterocycles. The van der Waals surface area contributed by atoms with Crippen LogP contribution in [0.25, 0.3) is 0 Å². The van der Waals surface area contributed by atoms with Crippen molar-refractivity contribution in [3.8, 4) is 0 Å². The van der Waals surface area contributed by atoms with Crippen LogP contribution in [0.5, 0.6) is 0 Å². The molecule has 2 rings (SSSR count). The third-order valence-corrected chi connectivity index (χ3v) is 3.30. The zero-order chi connectivity index (χ0) is 13.7. The summed E-state index contributed by atoms with van der Waals surface area (Å²) in [5.74, 6) is -0.285. The van der Waals surface area contributed by atoms with Gasteiger partial charge in [0, 0.05) is 6.20 Å². The molecule has 0 radical (unpaired) electrons. The van der Waals surface area contributed by atoms with E-state index < -0.39 is 11.9 Å². The number of ether oxygens (including phenoxy) is 1. The second kappa shape index (κ2) is 6.46. The molecule has 6 heteroatoms. The Morgan fingerprint density at radius 1 is 1.32 bits per heavy atom. The highest BCUT2D eigenvalue weighted by Crippen LogP contribution is 2.18. The summed E-state index contributed by atoms with van der Waals surface area (Å²) in [6.07, 6.45) is 0.615. The fraction of sp³-hybridized carbons (Fsp3) is 0.0769. The number of nitrogens with one attached hydrogen (secondary N) is 1. The van der Waals surface area contributed by atoms with Gasteiger partial charge in [0.2, 0.25) is 0 Å². The first-order valence-corrected chi connectivity index (χ1v) is 6.52. The number of hydrogen-bond donors (Lipinski definition) is 1. The maximum absolute atomic E-state index is 13.2. The second-order valence-electron chi connectivity index (χ2n) is 3.64. The van der Waals surface area contributed by atoms with Gasteiger partial charge in [0.25, 0.3) is 0 Å².